The van der Waals surface area contributed by atoms with Crippen molar-refractivity contribution in [1.82, 2.24) is 10.2 Å². The van der Waals surface area contributed by atoms with Crippen LogP contribution in [0.2, 0.25) is 0 Å². The van der Waals surface area contributed by atoms with E-state index >= 15 is 0 Å². The maximum Gasteiger partial charge on any atom is 0.118 e. The van der Waals surface area contributed by atoms with Crippen LogP contribution >= 0.6 is 0 Å². The van der Waals surface area contributed by atoms with Crippen molar-refractivity contribution in [2.45, 2.75) is 57.3 Å². The lowest BCUT2D eigenvalue weighted by Gasteiger charge is -2.33. The second kappa shape index (κ2) is 10.1. The summed E-state index contributed by atoms with van der Waals surface area (Å²) in [7, 11) is 1.68. The van der Waals surface area contributed by atoms with Gasteiger partial charge < -0.3 is 15.2 Å². The number of aliphatic hydroxyl groups is 1. The summed E-state index contributed by atoms with van der Waals surface area (Å²) in [4.78, 5) is 2.35. The number of nitrogens with zero attached hydrogens (tertiary/aromatic N) is 2. The third-order valence-corrected chi connectivity index (χ3v) is 5.90. The summed E-state index contributed by atoms with van der Waals surface area (Å²) in [6, 6.07) is 18.2. The lowest BCUT2D eigenvalue weighted by molar-refractivity contribution is 0.0633. The molecule has 5 heteroatoms. The minimum Gasteiger partial charge on any atom is -0.497 e. The quantitative estimate of drug-likeness (QED) is 0.666. The van der Waals surface area contributed by atoms with E-state index in [1.807, 2.05) is 30.3 Å². The van der Waals surface area contributed by atoms with Crippen LogP contribution in [-0.4, -0.2) is 47.9 Å². The summed E-state index contributed by atoms with van der Waals surface area (Å²) in [5, 5.41) is 23.6. The molecule has 1 fully saturated rings. The molecule has 0 unspecified atom stereocenters. The van der Waals surface area contributed by atoms with E-state index in [0.717, 1.165) is 43.7 Å². The fourth-order valence-corrected chi connectivity index (χ4v) is 4.29. The Morgan fingerprint density at radius 2 is 2.00 bits per heavy atom. The Morgan fingerprint density at radius 3 is 2.70 bits per heavy atom. The van der Waals surface area contributed by atoms with Gasteiger partial charge in [0.1, 0.15) is 5.75 Å². The summed E-state index contributed by atoms with van der Waals surface area (Å²) in [5.41, 5.74) is 2.93. The van der Waals surface area contributed by atoms with Crippen molar-refractivity contribution in [3.63, 3.8) is 0 Å². The second-order valence-corrected chi connectivity index (χ2v) is 8.85. The molecule has 1 aliphatic heterocycles. The molecular weight excluding hydrogens is 374 g/mol. The van der Waals surface area contributed by atoms with E-state index in [2.05, 4.69) is 48.3 Å². The third-order valence-electron chi connectivity index (χ3n) is 5.90. The number of nitriles is 1. The molecule has 0 aromatic heterocycles. The topological polar surface area (TPSA) is 68.5 Å². The smallest absolute Gasteiger partial charge is 0.118 e. The van der Waals surface area contributed by atoms with Gasteiger partial charge in [-0.1, -0.05) is 24.3 Å². The van der Waals surface area contributed by atoms with Crippen LogP contribution in [0.4, 0.5) is 0 Å². The van der Waals surface area contributed by atoms with E-state index in [9.17, 15) is 5.11 Å². The fraction of sp³-hybridized carbons (Fsp3) is 0.480. The number of likely N-dealkylation sites (tertiary alicyclic amines) is 1. The number of rotatable bonds is 9. The van der Waals surface area contributed by atoms with Gasteiger partial charge in [0, 0.05) is 24.7 Å². The molecule has 5 nitrogen and oxygen atoms in total. The molecule has 2 atom stereocenters. The molecule has 1 heterocycles. The lowest BCUT2D eigenvalue weighted by Crippen LogP contribution is -2.50. The van der Waals surface area contributed by atoms with Crippen LogP contribution in [-0.2, 0) is 13.0 Å². The predicted octanol–water partition coefficient (Wildman–Crippen LogP) is 3.50. The second-order valence-electron chi connectivity index (χ2n) is 8.85. The maximum atomic E-state index is 10.9. The first kappa shape index (κ1) is 22.3. The number of methoxy groups -OCH3 is 1. The van der Waals surface area contributed by atoms with Crippen LogP contribution in [0.1, 0.15) is 43.4 Å². The number of β-amino-alcohol motifs (C(OH)–C–C–N with tert-alkyl or cyclic N) is 1. The molecule has 30 heavy (non-hydrogen) atoms. The van der Waals surface area contributed by atoms with E-state index in [1.165, 1.54) is 5.56 Å². The molecular formula is C25H33N3O2. The van der Waals surface area contributed by atoms with E-state index < -0.39 is 6.10 Å². The Labute approximate surface area is 180 Å². The van der Waals surface area contributed by atoms with Crippen LogP contribution in [0.25, 0.3) is 0 Å². The number of hydrogen-bond donors (Lipinski definition) is 2. The molecule has 2 aromatic carbocycles. The van der Waals surface area contributed by atoms with Crippen molar-refractivity contribution in [3.05, 3.63) is 65.2 Å². The molecule has 2 aromatic rings. The van der Waals surface area contributed by atoms with E-state index in [0.29, 0.717) is 12.1 Å². The Kier molecular flexibility index (Phi) is 7.49. The van der Waals surface area contributed by atoms with Crippen molar-refractivity contribution in [1.29, 1.82) is 5.26 Å². The van der Waals surface area contributed by atoms with Crippen molar-refractivity contribution in [2.24, 2.45) is 0 Å². The number of aliphatic hydroxyl groups excluding tert-OH is 1. The van der Waals surface area contributed by atoms with Crippen LogP contribution in [0.5, 0.6) is 5.75 Å². The molecule has 1 saturated heterocycles. The summed E-state index contributed by atoms with van der Waals surface area (Å²) < 4.78 is 5.23. The average Bonchev–Trinajstić information content (AvgIpc) is 3.20. The SMILES string of the molecule is COc1ccc(CC(C)(C)NC[C@@H](O)[C@H]2CCCN2Cc2cccc(C#N)c2)cc1. The zero-order valence-electron chi connectivity index (χ0n) is 18.3. The van der Waals surface area contributed by atoms with Gasteiger partial charge in [0.2, 0.25) is 0 Å². The number of benzene rings is 2. The van der Waals surface area contributed by atoms with Crippen molar-refractivity contribution >= 4 is 0 Å². The minimum atomic E-state index is -0.429. The number of ether oxygens (including phenoxy) is 1. The van der Waals surface area contributed by atoms with Crippen molar-refractivity contribution in [2.75, 3.05) is 20.2 Å². The van der Waals surface area contributed by atoms with E-state index in [1.54, 1.807) is 7.11 Å². The van der Waals surface area contributed by atoms with E-state index in [-0.39, 0.29) is 11.6 Å². The highest BCUT2D eigenvalue weighted by Crippen LogP contribution is 2.24. The molecule has 0 aliphatic carbocycles. The highest BCUT2D eigenvalue weighted by atomic mass is 16.5. The molecule has 3 rings (SSSR count). The van der Waals surface area contributed by atoms with Gasteiger partial charge in [-0.05, 0) is 75.0 Å². The molecule has 0 spiro atoms. The molecule has 0 bridgehead atoms. The van der Waals surface area contributed by atoms with Gasteiger partial charge in [-0.3, -0.25) is 4.90 Å². The zero-order valence-corrected chi connectivity index (χ0v) is 18.3. The van der Waals surface area contributed by atoms with Gasteiger partial charge in [-0.25, -0.2) is 0 Å². The molecule has 0 saturated carbocycles. The Balaban J connectivity index is 1.54. The molecule has 2 N–H and O–H groups in total. The Hall–Kier alpha value is -2.39. The summed E-state index contributed by atoms with van der Waals surface area (Å²) in [5.74, 6) is 0.863. The van der Waals surface area contributed by atoms with E-state index in [4.69, 9.17) is 10.00 Å². The first-order chi connectivity index (χ1) is 14.4. The Morgan fingerprint density at radius 1 is 1.23 bits per heavy atom. The van der Waals surface area contributed by atoms with Gasteiger partial charge in [-0.15, -0.1) is 0 Å². The van der Waals surface area contributed by atoms with Gasteiger partial charge in [0.05, 0.1) is 24.8 Å². The number of nitrogens with one attached hydrogen (secondary N) is 1. The highest BCUT2D eigenvalue weighted by molar-refractivity contribution is 5.33. The van der Waals surface area contributed by atoms with Crippen molar-refractivity contribution in [3.8, 4) is 11.8 Å². The van der Waals surface area contributed by atoms with Gasteiger partial charge in [0.25, 0.3) is 0 Å². The minimum absolute atomic E-state index is 0.125. The molecule has 1 aliphatic rings. The zero-order chi connectivity index (χ0) is 21.6. The average molecular weight is 408 g/mol. The van der Waals surface area contributed by atoms with Gasteiger partial charge in [-0.2, -0.15) is 5.26 Å². The summed E-state index contributed by atoms with van der Waals surface area (Å²) in [6.45, 7) is 6.65. The van der Waals surface area contributed by atoms with Crippen LogP contribution < -0.4 is 10.1 Å². The van der Waals surface area contributed by atoms with Gasteiger partial charge in [0.15, 0.2) is 0 Å². The van der Waals surface area contributed by atoms with Crippen LogP contribution in [0.15, 0.2) is 48.5 Å². The third kappa shape index (κ3) is 6.06. The molecule has 0 radical (unpaired) electrons. The summed E-state index contributed by atoms with van der Waals surface area (Å²) >= 11 is 0. The largest absolute Gasteiger partial charge is 0.497 e. The maximum absolute atomic E-state index is 10.9. The number of hydrogen-bond acceptors (Lipinski definition) is 5. The lowest BCUT2D eigenvalue weighted by atomic mass is 9.94. The molecule has 0 amide bonds. The van der Waals surface area contributed by atoms with Crippen LogP contribution in [0.3, 0.4) is 0 Å². The predicted molar refractivity (Wildman–Crippen MR) is 119 cm³/mol. The molecule has 160 valence electrons. The first-order valence-electron chi connectivity index (χ1n) is 10.7. The normalized spacial score (nSPS) is 18.2. The Bertz CT molecular complexity index is 857. The van der Waals surface area contributed by atoms with Crippen molar-refractivity contribution < 1.29 is 9.84 Å². The first-order valence-corrected chi connectivity index (χ1v) is 10.7. The summed E-state index contributed by atoms with van der Waals surface area (Å²) in [6.07, 6.45) is 2.54. The highest BCUT2D eigenvalue weighted by Gasteiger charge is 2.31. The van der Waals surface area contributed by atoms with Crippen LogP contribution in [0, 0.1) is 11.3 Å². The fourth-order valence-electron chi connectivity index (χ4n) is 4.29. The monoisotopic (exact) mass is 407 g/mol. The van der Waals surface area contributed by atoms with Gasteiger partial charge >= 0.3 is 0 Å². The standard InChI is InChI=1S/C25H33N3O2/c1-25(2,15-19-9-11-22(30-3)12-10-19)27-17-24(29)23-8-5-13-28(23)18-21-7-4-6-20(14-21)16-26/h4,6-7,9-12,14,23-24,27,29H,5,8,13,15,17-18H2,1-3H3/t23-,24-/m1/s1.